The largest absolute Gasteiger partial charge is 0.369 e. The molecule has 1 heterocycles. The van der Waals surface area contributed by atoms with Crippen LogP contribution in [-0.2, 0) is 16.4 Å². The van der Waals surface area contributed by atoms with E-state index in [0.717, 1.165) is 68.2 Å². The molecule has 1 aliphatic heterocycles. The van der Waals surface area contributed by atoms with Crippen LogP contribution in [0.1, 0.15) is 31.7 Å². The highest BCUT2D eigenvalue weighted by Gasteiger charge is 2.17. The molecular weight excluding hydrogens is 414 g/mol. The summed E-state index contributed by atoms with van der Waals surface area (Å²) in [5.74, 6) is 0.821. The lowest BCUT2D eigenvalue weighted by atomic mass is 10.1. The van der Waals surface area contributed by atoms with Crippen LogP contribution in [-0.4, -0.2) is 51.8 Å². The number of rotatable bonds is 10. The first kappa shape index (κ1) is 23.1. The SMILES string of the molecule is CCSc1ccc(CCCCCN2CCN(c3ccccc3)CC2)cc1S(N)(=O)=O. The van der Waals surface area contributed by atoms with Gasteiger partial charge in [-0.15, -0.1) is 11.8 Å². The molecule has 1 saturated heterocycles. The molecule has 2 aromatic carbocycles. The minimum atomic E-state index is -3.68. The van der Waals surface area contributed by atoms with Crippen LogP contribution >= 0.6 is 11.8 Å². The Morgan fingerprint density at radius 3 is 2.37 bits per heavy atom. The van der Waals surface area contributed by atoms with Crippen LogP contribution in [0.5, 0.6) is 0 Å². The van der Waals surface area contributed by atoms with Crippen molar-refractivity contribution in [2.75, 3.05) is 43.4 Å². The average Bonchev–Trinajstić information content (AvgIpc) is 2.75. The lowest BCUT2D eigenvalue weighted by Gasteiger charge is -2.36. The molecule has 2 N–H and O–H groups in total. The lowest BCUT2D eigenvalue weighted by molar-refractivity contribution is 0.252. The van der Waals surface area contributed by atoms with Gasteiger partial charge in [-0.1, -0.05) is 37.6 Å². The van der Waals surface area contributed by atoms with Gasteiger partial charge in [0.1, 0.15) is 0 Å². The van der Waals surface area contributed by atoms with Crippen LogP contribution in [0.3, 0.4) is 0 Å². The fraction of sp³-hybridized carbons (Fsp3) is 0.478. The van der Waals surface area contributed by atoms with E-state index in [1.54, 1.807) is 6.07 Å². The first-order valence-electron chi connectivity index (χ1n) is 10.8. The molecule has 7 heteroatoms. The number of nitrogens with two attached hydrogens (primary N) is 1. The van der Waals surface area contributed by atoms with Gasteiger partial charge in [0.25, 0.3) is 0 Å². The van der Waals surface area contributed by atoms with Gasteiger partial charge in [0, 0.05) is 36.8 Å². The average molecular weight is 448 g/mol. The number of aryl methyl sites for hydroxylation is 1. The fourth-order valence-electron chi connectivity index (χ4n) is 3.91. The van der Waals surface area contributed by atoms with E-state index >= 15 is 0 Å². The van der Waals surface area contributed by atoms with E-state index in [2.05, 4.69) is 40.1 Å². The second-order valence-corrected chi connectivity index (χ2v) is 10.6. The van der Waals surface area contributed by atoms with Crippen molar-refractivity contribution in [2.24, 2.45) is 5.14 Å². The topological polar surface area (TPSA) is 66.6 Å². The maximum absolute atomic E-state index is 11.9. The number of hydrogen-bond acceptors (Lipinski definition) is 5. The molecule has 0 amide bonds. The summed E-state index contributed by atoms with van der Waals surface area (Å²) >= 11 is 1.52. The number of nitrogens with zero attached hydrogens (tertiary/aromatic N) is 2. The second-order valence-electron chi connectivity index (χ2n) is 7.73. The molecule has 5 nitrogen and oxygen atoms in total. The lowest BCUT2D eigenvalue weighted by Crippen LogP contribution is -2.46. The minimum Gasteiger partial charge on any atom is -0.369 e. The second kappa shape index (κ2) is 11.2. The van der Waals surface area contributed by atoms with Crippen molar-refractivity contribution in [1.82, 2.24) is 4.90 Å². The third-order valence-corrected chi connectivity index (χ3v) is 7.58. The van der Waals surface area contributed by atoms with Gasteiger partial charge in [0.15, 0.2) is 0 Å². The quantitative estimate of drug-likeness (QED) is 0.441. The highest BCUT2D eigenvalue weighted by Crippen LogP contribution is 2.27. The van der Waals surface area contributed by atoms with Crippen molar-refractivity contribution in [3.05, 3.63) is 54.1 Å². The number of primary sulfonamides is 1. The van der Waals surface area contributed by atoms with Crippen molar-refractivity contribution in [2.45, 2.75) is 42.4 Å². The van der Waals surface area contributed by atoms with E-state index in [9.17, 15) is 8.42 Å². The maximum Gasteiger partial charge on any atom is 0.239 e. The Hall–Kier alpha value is -1.54. The van der Waals surface area contributed by atoms with E-state index in [1.165, 1.54) is 23.9 Å². The van der Waals surface area contributed by atoms with Crippen LogP contribution < -0.4 is 10.0 Å². The van der Waals surface area contributed by atoms with Crippen LogP contribution in [0, 0.1) is 0 Å². The first-order valence-corrected chi connectivity index (χ1v) is 13.3. The summed E-state index contributed by atoms with van der Waals surface area (Å²) in [6.07, 6.45) is 4.28. The van der Waals surface area contributed by atoms with E-state index in [-0.39, 0.29) is 4.90 Å². The zero-order chi connectivity index (χ0) is 21.4. The van der Waals surface area contributed by atoms with Crippen LogP contribution in [0.15, 0.2) is 58.3 Å². The Morgan fingerprint density at radius 1 is 0.967 bits per heavy atom. The summed E-state index contributed by atoms with van der Waals surface area (Å²) in [5, 5.41) is 5.41. The van der Waals surface area contributed by atoms with Crippen molar-refractivity contribution >= 4 is 27.5 Å². The zero-order valence-electron chi connectivity index (χ0n) is 17.8. The minimum absolute atomic E-state index is 0.267. The molecular formula is C23H33N3O2S2. The van der Waals surface area contributed by atoms with Gasteiger partial charge >= 0.3 is 0 Å². The smallest absolute Gasteiger partial charge is 0.239 e. The Balaban J connectivity index is 1.39. The molecule has 30 heavy (non-hydrogen) atoms. The van der Waals surface area contributed by atoms with Gasteiger partial charge in [-0.25, -0.2) is 13.6 Å². The maximum atomic E-state index is 11.9. The van der Waals surface area contributed by atoms with Gasteiger partial charge in [-0.3, -0.25) is 4.90 Å². The molecule has 0 unspecified atom stereocenters. The number of piperazine rings is 1. The number of sulfonamides is 1. The van der Waals surface area contributed by atoms with E-state index < -0.39 is 10.0 Å². The molecule has 0 spiro atoms. The molecule has 1 fully saturated rings. The third-order valence-electron chi connectivity index (χ3n) is 5.55. The molecule has 3 rings (SSSR count). The summed E-state index contributed by atoms with van der Waals surface area (Å²) in [6, 6.07) is 16.3. The standard InChI is InChI=1S/C23H33N3O2S2/c1-2-29-22-13-12-20(19-23(22)30(24,27)28)9-5-4-8-14-25-15-17-26(18-16-25)21-10-6-3-7-11-21/h3,6-7,10-13,19H,2,4-5,8-9,14-18H2,1H3,(H2,24,27,28). The highest BCUT2D eigenvalue weighted by atomic mass is 32.2. The third kappa shape index (κ3) is 6.74. The number of hydrogen-bond donors (Lipinski definition) is 1. The Kier molecular flexibility index (Phi) is 8.62. The van der Waals surface area contributed by atoms with Crippen molar-refractivity contribution < 1.29 is 8.42 Å². The van der Waals surface area contributed by atoms with Crippen LogP contribution in [0.25, 0.3) is 0 Å². The first-order chi connectivity index (χ1) is 14.5. The van der Waals surface area contributed by atoms with Crippen molar-refractivity contribution in [1.29, 1.82) is 0 Å². The summed E-state index contributed by atoms with van der Waals surface area (Å²) in [7, 11) is -3.68. The molecule has 0 aliphatic carbocycles. The normalized spacial score (nSPS) is 15.5. The summed E-state index contributed by atoms with van der Waals surface area (Å²) in [5.41, 5.74) is 2.37. The molecule has 0 aromatic heterocycles. The Morgan fingerprint density at radius 2 is 1.70 bits per heavy atom. The Bertz CT molecular complexity index is 896. The number of thioether (sulfide) groups is 1. The molecule has 164 valence electrons. The van der Waals surface area contributed by atoms with Crippen LogP contribution in [0.2, 0.25) is 0 Å². The van der Waals surface area contributed by atoms with Crippen molar-refractivity contribution in [3.8, 4) is 0 Å². The number of para-hydroxylation sites is 1. The molecule has 0 saturated carbocycles. The predicted octanol–water partition coefficient (Wildman–Crippen LogP) is 3.98. The summed E-state index contributed by atoms with van der Waals surface area (Å²) < 4.78 is 23.8. The predicted molar refractivity (Wildman–Crippen MR) is 127 cm³/mol. The summed E-state index contributed by atoms with van der Waals surface area (Å²) in [4.78, 5) is 6.02. The molecule has 2 aromatic rings. The molecule has 1 aliphatic rings. The fourth-order valence-corrected chi connectivity index (χ4v) is 5.78. The van der Waals surface area contributed by atoms with Crippen LogP contribution in [0.4, 0.5) is 5.69 Å². The van der Waals surface area contributed by atoms with E-state index in [1.807, 2.05) is 19.1 Å². The van der Waals surface area contributed by atoms with E-state index in [0.29, 0.717) is 0 Å². The zero-order valence-corrected chi connectivity index (χ0v) is 19.4. The van der Waals surface area contributed by atoms with E-state index in [4.69, 9.17) is 5.14 Å². The van der Waals surface area contributed by atoms with Gasteiger partial charge in [0.2, 0.25) is 10.0 Å². The number of unbranched alkanes of at least 4 members (excludes halogenated alkanes) is 2. The Labute approximate surface area is 185 Å². The summed E-state index contributed by atoms with van der Waals surface area (Å²) in [6.45, 7) is 7.54. The molecule has 0 bridgehead atoms. The van der Waals surface area contributed by atoms with Gasteiger partial charge in [-0.05, 0) is 61.4 Å². The van der Waals surface area contributed by atoms with Gasteiger partial charge in [-0.2, -0.15) is 0 Å². The van der Waals surface area contributed by atoms with Crippen molar-refractivity contribution in [3.63, 3.8) is 0 Å². The van der Waals surface area contributed by atoms with Gasteiger partial charge < -0.3 is 4.90 Å². The van der Waals surface area contributed by atoms with Gasteiger partial charge in [0.05, 0.1) is 4.90 Å². The molecule has 0 radical (unpaired) electrons. The highest BCUT2D eigenvalue weighted by molar-refractivity contribution is 8.00. The molecule has 0 atom stereocenters. The monoisotopic (exact) mass is 447 g/mol. The number of benzene rings is 2. The number of anilines is 1.